The Labute approximate surface area is 118 Å². The molecule has 3 N–H and O–H groups in total. The van der Waals surface area contributed by atoms with Gasteiger partial charge in [0.2, 0.25) is 0 Å². The Morgan fingerprint density at radius 3 is 2.33 bits per heavy atom. The van der Waals surface area contributed by atoms with E-state index in [1.807, 2.05) is 0 Å². The molecule has 0 unspecified atom stereocenters. The number of ether oxygens (including phenoxy) is 1. The van der Waals surface area contributed by atoms with Gasteiger partial charge in [0.05, 0.1) is 29.7 Å². The third-order valence-electron chi connectivity index (χ3n) is 2.75. The molecule has 0 aliphatic rings. The molecule has 21 heavy (non-hydrogen) atoms. The Kier molecular flexibility index (Phi) is 4.02. The fourth-order valence-electron chi connectivity index (χ4n) is 1.68. The van der Waals surface area contributed by atoms with Crippen LogP contribution in [0.4, 0.5) is 30.2 Å². The van der Waals surface area contributed by atoms with Crippen molar-refractivity contribution >= 4 is 23.0 Å². The highest BCUT2D eigenvalue weighted by atomic mass is 19.2. The van der Waals surface area contributed by atoms with Crippen molar-refractivity contribution in [3.63, 3.8) is 0 Å². The summed E-state index contributed by atoms with van der Waals surface area (Å²) in [5.41, 5.74) is 6.03. The summed E-state index contributed by atoms with van der Waals surface area (Å²) in [4.78, 5) is 11.3. The maximum atomic E-state index is 13.5. The second-order valence-corrected chi connectivity index (χ2v) is 4.16. The Hall–Kier alpha value is -2.70. The van der Waals surface area contributed by atoms with E-state index in [1.54, 1.807) is 0 Å². The molecular weight excluding hydrogens is 285 g/mol. The Morgan fingerprint density at radius 1 is 1.05 bits per heavy atom. The van der Waals surface area contributed by atoms with Crippen LogP contribution >= 0.6 is 0 Å². The Balaban J connectivity index is 2.32. The largest absolute Gasteiger partial charge is 0.465 e. The lowest BCUT2D eigenvalue weighted by Crippen LogP contribution is -2.04. The van der Waals surface area contributed by atoms with E-state index >= 15 is 0 Å². The molecular formula is C14H11F3N2O2. The van der Waals surface area contributed by atoms with Crippen molar-refractivity contribution in [1.29, 1.82) is 0 Å². The van der Waals surface area contributed by atoms with E-state index in [0.29, 0.717) is 12.1 Å². The molecule has 4 nitrogen and oxygen atoms in total. The zero-order valence-corrected chi connectivity index (χ0v) is 10.9. The van der Waals surface area contributed by atoms with Gasteiger partial charge in [0.15, 0.2) is 11.6 Å². The van der Waals surface area contributed by atoms with Gasteiger partial charge in [-0.2, -0.15) is 0 Å². The molecule has 0 aliphatic heterocycles. The Bertz CT molecular complexity index is 705. The second-order valence-electron chi connectivity index (χ2n) is 4.16. The standard InChI is InChI=1S/C14H11F3N2O2/c1-21-14(20)7-2-3-12(11(18)4-7)19-13-6-9(16)8(15)5-10(13)17/h2-6,19H,18H2,1H3. The molecule has 0 fully saturated rings. The summed E-state index contributed by atoms with van der Waals surface area (Å²) in [5, 5.41) is 2.53. The van der Waals surface area contributed by atoms with Gasteiger partial charge >= 0.3 is 5.97 Å². The third-order valence-corrected chi connectivity index (χ3v) is 2.75. The van der Waals surface area contributed by atoms with Crippen molar-refractivity contribution in [3.05, 3.63) is 53.3 Å². The predicted octanol–water partition coefficient (Wildman–Crippen LogP) is 3.22. The zero-order chi connectivity index (χ0) is 15.6. The van der Waals surface area contributed by atoms with Gasteiger partial charge in [-0.25, -0.2) is 18.0 Å². The summed E-state index contributed by atoms with van der Waals surface area (Å²) in [6, 6.07) is 5.24. The molecule has 0 amide bonds. The van der Waals surface area contributed by atoms with Crippen LogP contribution in [0.15, 0.2) is 30.3 Å². The number of halogens is 3. The number of benzene rings is 2. The average molecular weight is 296 g/mol. The molecule has 0 aliphatic carbocycles. The van der Waals surface area contributed by atoms with E-state index in [9.17, 15) is 18.0 Å². The lowest BCUT2D eigenvalue weighted by atomic mass is 10.1. The Morgan fingerprint density at radius 2 is 1.71 bits per heavy atom. The van der Waals surface area contributed by atoms with Crippen LogP contribution in [0.1, 0.15) is 10.4 Å². The fraction of sp³-hybridized carbons (Fsp3) is 0.0714. The third kappa shape index (κ3) is 3.07. The fourth-order valence-corrected chi connectivity index (χ4v) is 1.68. The van der Waals surface area contributed by atoms with Crippen LogP contribution in [0.3, 0.4) is 0 Å². The summed E-state index contributed by atoms with van der Waals surface area (Å²) in [5.74, 6) is -4.02. The number of nitrogens with two attached hydrogens (primary N) is 1. The lowest BCUT2D eigenvalue weighted by Gasteiger charge is -2.11. The minimum Gasteiger partial charge on any atom is -0.465 e. The number of nitrogens with one attached hydrogen (secondary N) is 1. The molecule has 0 atom stereocenters. The van der Waals surface area contributed by atoms with Gasteiger partial charge in [-0.3, -0.25) is 0 Å². The van der Waals surface area contributed by atoms with Crippen LogP contribution in [0, 0.1) is 17.5 Å². The maximum absolute atomic E-state index is 13.5. The number of methoxy groups -OCH3 is 1. The molecule has 0 saturated carbocycles. The molecule has 0 heterocycles. The number of carbonyl (C=O) groups excluding carboxylic acids is 1. The first-order valence-corrected chi connectivity index (χ1v) is 5.81. The highest BCUT2D eigenvalue weighted by Crippen LogP contribution is 2.27. The molecule has 110 valence electrons. The smallest absolute Gasteiger partial charge is 0.337 e. The van der Waals surface area contributed by atoms with Crippen LogP contribution in [-0.4, -0.2) is 13.1 Å². The molecule has 7 heteroatoms. The molecule has 2 aromatic rings. The number of anilines is 3. The summed E-state index contributed by atoms with van der Waals surface area (Å²) in [7, 11) is 1.22. The van der Waals surface area contributed by atoms with Crippen molar-refractivity contribution in [2.75, 3.05) is 18.2 Å². The first-order valence-electron chi connectivity index (χ1n) is 5.81. The monoisotopic (exact) mass is 296 g/mol. The van der Waals surface area contributed by atoms with Crippen molar-refractivity contribution in [3.8, 4) is 0 Å². The van der Waals surface area contributed by atoms with Crippen molar-refractivity contribution in [2.24, 2.45) is 0 Å². The van der Waals surface area contributed by atoms with Gasteiger partial charge in [0, 0.05) is 12.1 Å². The van der Waals surface area contributed by atoms with Crippen LogP contribution < -0.4 is 11.1 Å². The topological polar surface area (TPSA) is 64.3 Å². The van der Waals surface area contributed by atoms with E-state index in [-0.39, 0.29) is 22.6 Å². The van der Waals surface area contributed by atoms with Crippen LogP contribution in [-0.2, 0) is 4.74 Å². The predicted molar refractivity (Wildman–Crippen MR) is 71.8 cm³/mol. The maximum Gasteiger partial charge on any atom is 0.337 e. The van der Waals surface area contributed by atoms with Crippen LogP contribution in [0.25, 0.3) is 0 Å². The SMILES string of the molecule is COC(=O)c1ccc(Nc2cc(F)c(F)cc2F)c(N)c1. The molecule has 0 saturated heterocycles. The number of rotatable bonds is 3. The van der Waals surface area contributed by atoms with Crippen LogP contribution in [0.2, 0.25) is 0 Å². The van der Waals surface area contributed by atoms with Gasteiger partial charge in [-0.1, -0.05) is 0 Å². The van der Waals surface area contributed by atoms with Gasteiger partial charge < -0.3 is 15.8 Å². The number of hydrogen-bond acceptors (Lipinski definition) is 4. The van der Waals surface area contributed by atoms with E-state index in [4.69, 9.17) is 5.73 Å². The summed E-state index contributed by atoms with van der Waals surface area (Å²) in [6.45, 7) is 0. The van der Waals surface area contributed by atoms with Crippen molar-refractivity contribution < 1.29 is 22.7 Å². The minimum absolute atomic E-state index is 0.127. The highest BCUT2D eigenvalue weighted by Gasteiger charge is 2.12. The summed E-state index contributed by atoms with van der Waals surface area (Å²) in [6.07, 6.45) is 0. The average Bonchev–Trinajstić information content (AvgIpc) is 2.45. The number of carbonyl (C=O) groups is 1. The highest BCUT2D eigenvalue weighted by molar-refractivity contribution is 5.92. The zero-order valence-electron chi connectivity index (χ0n) is 10.9. The second kappa shape index (κ2) is 5.74. The van der Waals surface area contributed by atoms with Gasteiger partial charge in [0.1, 0.15) is 5.82 Å². The van der Waals surface area contributed by atoms with E-state index < -0.39 is 23.4 Å². The van der Waals surface area contributed by atoms with Gasteiger partial charge in [-0.05, 0) is 18.2 Å². The lowest BCUT2D eigenvalue weighted by molar-refractivity contribution is 0.0601. The molecule has 2 rings (SSSR count). The molecule has 0 radical (unpaired) electrons. The normalized spacial score (nSPS) is 10.3. The summed E-state index contributed by atoms with van der Waals surface area (Å²) >= 11 is 0. The molecule has 0 spiro atoms. The van der Waals surface area contributed by atoms with E-state index in [1.165, 1.54) is 25.3 Å². The minimum atomic E-state index is -1.29. The van der Waals surface area contributed by atoms with Crippen LogP contribution in [0.5, 0.6) is 0 Å². The van der Waals surface area contributed by atoms with Crippen molar-refractivity contribution in [1.82, 2.24) is 0 Å². The van der Waals surface area contributed by atoms with E-state index in [2.05, 4.69) is 10.1 Å². The number of nitrogen functional groups attached to an aromatic ring is 1. The quantitative estimate of drug-likeness (QED) is 0.518. The first-order chi connectivity index (χ1) is 9.92. The number of esters is 1. The van der Waals surface area contributed by atoms with Gasteiger partial charge in [0.25, 0.3) is 0 Å². The first kappa shape index (κ1) is 14.7. The molecule has 0 aromatic heterocycles. The number of hydrogen-bond donors (Lipinski definition) is 2. The summed E-state index contributed by atoms with van der Waals surface area (Å²) < 4.78 is 44.0. The molecule has 0 bridgehead atoms. The van der Waals surface area contributed by atoms with E-state index in [0.717, 1.165) is 0 Å². The van der Waals surface area contributed by atoms with Crippen molar-refractivity contribution in [2.45, 2.75) is 0 Å². The molecule has 2 aromatic carbocycles. The van der Waals surface area contributed by atoms with Gasteiger partial charge in [-0.15, -0.1) is 0 Å².